The second-order valence-electron chi connectivity index (χ2n) is 7.35. The van der Waals surface area contributed by atoms with Crippen LogP contribution in [0.4, 0.5) is 0 Å². The minimum absolute atomic E-state index is 0.00732. The van der Waals surface area contributed by atoms with Crippen LogP contribution in [-0.4, -0.2) is 29.9 Å². The van der Waals surface area contributed by atoms with E-state index in [1.807, 2.05) is 24.3 Å². The van der Waals surface area contributed by atoms with Gasteiger partial charge in [0.05, 0.1) is 18.4 Å². The summed E-state index contributed by atoms with van der Waals surface area (Å²) in [6.45, 7) is 0.140. The summed E-state index contributed by atoms with van der Waals surface area (Å²) in [5.74, 6) is 0.457. The molecule has 2 heterocycles. The van der Waals surface area contributed by atoms with Crippen LogP contribution in [0, 0.1) is 0 Å². The molecule has 0 radical (unpaired) electrons. The standard InChI is InChI=1S/C22H20ClN3O5S/c1-32(28,29)31-12-14-2-3-16-11-17(5-4-15(16)10-14)21-19(8-9-24-22(21)27)30-13-18-6-7-20(23)26-25-18/h2-3,6-11H,4-5,12-13H2,1H3,(H,24,27). The largest absolute Gasteiger partial charge is 0.486 e. The van der Waals surface area contributed by atoms with Crippen molar-refractivity contribution in [2.45, 2.75) is 26.1 Å². The number of aromatic amines is 1. The third kappa shape index (κ3) is 5.42. The number of fused-ring (bicyclic) bond motifs is 1. The lowest BCUT2D eigenvalue weighted by Crippen LogP contribution is -2.15. The molecule has 1 N–H and O–H groups in total. The third-order valence-electron chi connectivity index (χ3n) is 4.95. The van der Waals surface area contributed by atoms with Crippen molar-refractivity contribution in [2.24, 2.45) is 0 Å². The van der Waals surface area contributed by atoms with E-state index in [9.17, 15) is 13.2 Å². The van der Waals surface area contributed by atoms with E-state index in [0.29, 0.717) is 35.0 Å². The molecule has 0 spiro atoms. The minimum Gasteiger partial charge on any atom is -0.486 e. The highest BCUT2D eigenvalue weighted by molar-refractivity contribution is 7.85. The Morgan fingerprint density at radius 2 is 1.94 bits per heavy atom. The second-order valence-corrected chi connectivity index (χ2v) is 9.38. The van der Waals surface area contributed by atoms with Crippen molar-refractivity contribution >= 4 is 33.4 Å². The van der Waals surface area contributed by atoms with Gasteiger partial charge in [-0.2, -0.15) is 13.5 Å². The van der Waals surface area contributed by atoms with Crippen molar-refractivity contribution in [3.05, 3.63) is 86.0 Å². The molecule has 0 unspecified atom stereocenters. The van der Waals surface area contributed by atoms with Crippen molar-refractivity contribution in [1.29, 1.82) is 0 Å². The summed E-state index contributed by atoms with van der Waals surface area (Å²) in [4.78, 5) is 15.4. The molecule has 0 bridgehead atoms. The predicted molar refractivity (Wildman–Crippen MR) is 121 cm³/mol. The molecule has 0 amide bonds. The zero-order valence-electron chi connectivity index (χ0n) is 17.2. The van der Waals surface area contributed by atoms with E-state index in [0.717, 1.165) is 28.5 Å². The summed E-state index contributed by atoms with van der Waals surface area (Å²) in [5.41, 5.74) is 4.49. The number of hydrogen-bond donors (Lipinski definition) is 1. The first-order valence-corrected chi connectivity index (χ1v) is 12.0. The van der Waals surface area contributed by atoms with Gasteiger partial charge in [-0.05, 0) is 53.3 Å². The van der Waals surface area contributed by atoms with Crippen molar-refractivity contribution in [3.63, 3.8) is 0 Å². The molecule has 0 saturated carbocycles. The van der Waals surface area contributed by atoms with E-state index >= 15 is 0 Å². The SMILES string of the molecule is CS(=O)(=O)OCc1ccc2c(c1)CCC(c1c(OCc3ccc(Cl)nn3)cc[nH]c1=O)=C2. The first kappa shape index (κ1) is 22.2. The molecule has 0 fully saturated rings. The Kier molecular flexibility index (Phi) is 6.40. The Bertz CT molecular complexity index is 1330. The van der Waals surface area contributed by atoms with Crippen LogP contribution in [0.3, 0.4) is 0 Å². The van der Waals surface area contributed by atoms with E-state index < -0.39 is 10.1 Å². The number of H-pyrrole nitrogens is 1. The molecule has 0 atom stereocenters. The Hall–Kier alpha value is -3.01. The number of nitrogens with zero attached hydrogens (tertiary/aromatic N) is 2. The Balaban J connectivity index is 1.58. The number of nitrogens with one attached hydrogen (secondary N) is 1. The van der Waals surface area contributed by atoms with Crippen molar-refractivity contribution in [1.82, 2.24) is 15.2 Å². The van der Waals surface area contributed by atoms with E-state index in [1.165, 1.54) is 0 Å². The Labute approximate surface area is 190 Å². The minimum atomic E-state index is -3.50. The maximum atomic E-state index is 12.6. The van der Waals surface area contributed by atoms with Gasteiger partial charge in [0.1, 0.15) is 18.1 Å². The number of benzene rings is 1. The van der Waals surface area contributed by atoms with Gasteiger partial charge in [-0.15, -0.1) is 5.10 Å². The van der Waals surface area contributed by atoms with Crippen LogP contribution >= 0.6 is 11.6 Å². The fraction of sp³-hybridized carbons (Fsp3) is 0.227. The molecule has 2 aromatic heterocycles. The molecule has 1 aromatic carbocycles. The molecule has 0 aliphatic heterocycles. The number of allylic oxidation sites excluding steroid dienone is 1. The van der Waals surface area contributed by atoms with Crippen LogP contribution in [0.25, 0.3) is 11.6 Å². The molecular formula is C22H20ClN3O5S. The molecule has 4 rings (SSSR count). The smallest absolute Gasteiger partial charge is 0.264 e. The Morgan fingerprint density at radius 3 is 2.69 bits per heavy atom. The highest BCUT2D eigenvalue weighted by Crippen LogP contribution is 2.33. The lowest BCUT2D eigenvalue weighted by Gasteiger charge is -2.19. The summed E-state index contributed by atoms with van der Waals surface area (Å²) in [6, 6.07) is 10.7. The fourth-order valence-corrected chi connectivity index (χ4v) is 3.92. The summed E-state index contributed by atoms with van der Waals surface area (Å²) >= 11 is 5.76. The normalized spacial score (nSPS) is 13.4. The zero-order valence-corrected chi connectivity index (χ0v) is 18.7. The van der Waals surface area contributed by atoms with Crippen LogP contribution in [0.2, 0.25) is 5.15 Å². The van der Waals surface area contributed by atoms with Crippen molar-refractivity contribution in [3.8, 4) is 5.75 Å². The lowest BCUT2D eigenvalue weighted by molar-refractivity contribution is 0.298. The number of hydrogen-bond acceptors (Lipinski definition) is 7. The van der Waals surface area contributed by atoms with Crippen LogP contribution in [-0.2, 0) is 33.9 Å². The quantitative estimate of drug-likeness (QED) is 0.523. The predicted octanol–water partition coefficient (Wildman–Crippen LogP) is 3.36. The molecule has 3 aromatic rings. The van der Waals surface area contributed by atoms with Gasteiger partial charge in [-0.1, -0.05) is 35.9 Å². The van der Waals surface area contributed by atoms with Crippen LogP contribution < -0.4 is 10.3 Å². The number of aryl methyl sites for hydroxylation is 1. The number of pyridine rings is 1. The average Bonchev–Trinajstić information content (AvgIpc) is 2.76. The van der Waals surface area contributed by atoms with Gasteiger partial charge in [0.15, 0.2) is 5.15 Å². The lowest BCUT2D eigenvalue weighted by atomic mass is 9.88. The molecule has 0 saturated heterocycles. The molecule has 166 valence electrons. The first-order chi connectivity index (χ1) is 15.3. The van der Waals surface area contributed by atoms with Crippen LogP contribution in [0.1, 0.15) is 34.4 Å². The van der Waals surface area contributed by atoms with Crippen LogP contribution in [0.5, 0.6) is 5.75 Å². The average molecular weight is 474 g/mol. The second kappa shape index (κ2) is 9.23. The highest BCUT2D eigenvalue weighted by atomic mass is 35.5. The summed E-state index contributed by atoms with van der Waals surface area (Å²) in [5, 5.41) is 8.06. The third-order valence-corrected chi connectivity index (χ3v) is 5.69. The van der Waals surface area contributed by atoms with Gasteiger partial charge in [-0.25, -0.2) is 0 Å². The summed E-state index contributed by atoms with van der Waals surface area (Å²) < 4.78 is 33.2. The molecule has 1 aliphatic carbocycles. The first-order valence-electron chi connectivity index (χ1n) is 9.78. The monoisotopic (exact) mass is 473 g/mol. The van der Waals surface area contributed by atoms with Gasteiger partial charge in [-0.3, -0.25) is 8.98 Å². The van der Waals surface area contributed by atoms with Gasteiger partial charge >= 0.3 is 0 Å². The molecule has 8 nitrogen and oxygen atoms in total. The topological polar surface area (TPSA) is 111 Å². The highest BCUT2D eigenvalue weighted by Gasteiger charge is 2.19. The van der Waals surface area contributed by atoms with Crippen LogP contribution in [0.15, 0.2) is 47.4 Å². The maximum Gasteiger partial charge on any atom is 0.264 e. The van der Waals surface area contributed by atoms with E-state index in [1.54, 1.807) is 24.4 Å². The van der Waals surface area contributed by atoms with Gasteiger partial charge in [0, 0.05) is 6.20 Å². The van der Waals surface area contributed by atoms with Gasteiger partial charge < -0.3 is 9.72 Å². The number of rotatable bonds is 7. The van der Waals surface area contributed by atoms with E-state index in [-0.39, 0.29) is 18.8 Å². The molecular weight excluding hydrogens is 454 g/mol. The number of ether oxygens (including phenoxy) is 1. The molecule has 32 heavy (non-hydrogen) atoms. The number of halogens is 1. The van der Waals surface area contributed by atoms with Gasteiger partial charge in [0.25, 0.3) is 15.7 Å². The van der Waals surface area contributed by atoms with Crippen molar-refractivity contribution < 1.29 is 17.3 Å². The van der Waals surface area contributed by atoms with E-state index in [2.05, 4.69) is 15.2 Å². The Morgan fingerprint density at radius 1 is 1.09 bits per heavy atom. The summed E-state index contributed by atoms with van der Waals surface area (Å²) in [6.07, 6.45) is 5.86. The summed E-state index contributed by atoms with van der Waals surface area (Å²) in [7, 11) is -3.50. The van der Waals surface area contributed by atoms with Crippen molar-refractivity contribution in [2.75, 3.05) is 6.26 Å². The maximum absolute atomic E-state index is 12.6. The fourth-order valence-electron chi connectivity index (χ4n) is 3.46. The van der Waals surface area contributed by atoms with Gasteiger partial charge in [0.2, 0.25) is 0 Å². The zero-order chi connectivity index (χ0) is 22.7. The van der Waals surface area contributed by atoms with E-state index in [4.69, 9.17) is 20.5 Å². The molecule has 1 aliphatic rings. The molecule has 10 heteroatoms. The number of aromatic nitrogens is 3.